The van der Waals surface area contributed by atoms with Gasteiger partial charge in [-0.05, 0) is 19.9 Å². The van der Waals surface area contributed by atoms with E-state index in [1.54, 1.807) is 11.8 Å². The van der Waals surface area contributed by atoms with Crippen LogP contribution in [0.2, 0.25) is 0 Å². The van der Waals surface area contributed by atoms with Gasteiger partial charge in [0.2, 0.25) is 11.8 Å². The molecule has 0 aliphatic heterocycles. The summed E-state index contributed by atoms with van der Waals surface area (Å²) >= 11 is 0. The van der Waals surface area contributed by atoms with Crippen molar-refractivity contribution in [2.24, 2.45) is 12.8 Å². The number of ether oxygens (including phenoxy) is 1. The van der Waals surface area contributed by atoms with Crippen LogP contribution in [0, 0.1) is 6.92 Å². The highest BCUT2D eigenvalue weighted by atomic mass is 16.5. The van der Waals surface area contributed by atoms with Gasteiger partial charge in [0, 0.05) is 20.0 Å². The highest BCUT2D eigenvalue weighted by Crippen LogP contribution is 2.20. The molecule has 0 aromatic carbocycles. The summed E-state index contributed by atoms with van der Waals surface area (Å²) in [5, 5.41) is 7.53. The second-order valence-electron chi connectivity index (χ2n) is 3.94. The molecule has 0 spiro atoms. The van der Waals surface area contributed by atoms with E-state index in [2.05, 4.69) is 10.4 Å². The number of primary amides is 1. The van der Waals surface area contributed by atoms with Crippen LogP contribution in [0.3, 0.4) is 0 Å². The van der Waals surface area contributed by atoms with Crippen LogP contribution in [0.1, 0.15) is 24.1 Å². The van der Waals surface area contributed by atoms with Crippen LogP contribution in [0.15, 0.2) is 0 Å². The monoisotopic (exact) mass is 240 g/mol. The summed E-state index contributed by atoms with van der Waals surface area (Å²) in [6.07, 6.45) is 1.16. The Bertz CT molecular complexity index is 387. The molecule has 3 N–H and O–H groups in total. The number of rotatable bonds is 7. The summed E-state index contributed by atoms with van der Waals surface area (Å²) in [6, 6.07) is 0. The van der Waals surface area contributed by atoms with Crippen LogP contribution in [0.4, 0.5) is 0 Å². The van der Waals surface area contributed by atoms with E-state index < -0.39 is 0 Å². The van der Waals surface area contributed by atoms with Crippen LogP contribution in [0.5, 0.6) is 5.88 Å². The summed E-state index contributed by atoms with van der Waals surface area (Å²) in [7, 11) is 3.48. The lowest BCUT2D eigenvalue weighted by atomic mass is 10.2. The summed E-state index contributed by atoms with van der Waals surface area (Å²) in [5.41, 5.74) is 7.06. The SMILES string of the molecule is COc1c(CNCCCC(N)=O)c(C)nn1C. The molecule has 0 radical (unpaired) electrons. The van der Waals surface area contributed by atoms with E-state index in [-0.39, 0.29) is 5.91 Å². The fourth-order valence-electron chi connectivity index (χ4n) is 1.74. The second-order valence-corrected chi connectivity index (χ2v) is 3.94. The maximum absolute atomic E-state index is 10.6. The number of aryl methyl sites for hydroxylation is 2. The minimum absolute atomic E-state index is 0.262. The standard InChI is InChI=1S/C11H20N4O2/c1-8-9(11(17-3)15(2)14-8)7-13-6-4-5-10(12)16/h13H,4-7H2,1-3H3,(H2,12,16). The van der Waals surface area contributed by atoms with Crippen LogP contribution in [0.25, 0.3) is 0 Å². The molecule has 1 rings (SSSR count). The van der Waals surface area contributed by atoms with Crippen LogP contribution in [-0.2, 0) is 18.4 Å². The Balaban J connectivity index is 2.43. The summed E-state index contributed by atoms with van der Waals surface area (Å²) in [6.45, 7) is 3.38. The van der Waals surface area contributed by atoms with Gasteiger partial charge in [0.05, 0.1) is 18.4 Å². The molecule has 0 atom stereocenters. The lowest BCUT2D eigenvalue weighted by Crippen LogP contribution is -2.18. The molecule has 1 amide bonds. The second kappa shape index (κ2) is 6.24. The molecule has 17 heavy (non-hydrogen) atoms. The summed E-state index contributed by atoms with van der Waals surface area (Å²) in [4.78, 5) is 10.6. The quantitative estimate of drug-likeness (QED) is 0.662. The smallest absolute Gasteiger partial charge is 0.217 e. The number of nitrogens with zero attached hydrogens (tertiary/aromatic N) is 2. The molecule has 1 aromatic rings. The van der Waals surface area contributed by atoms with Gasteiger partial charge in [-0.3, -0.25) is 4.79 Å². The Kier molecular flexibility index (Phi) is 4.96. The Morgan fingerprint density at radius 2 is 2.29 bits per heavy atom. The van der Waals surface area contributed by atoms with Gasteiger partial charge in [0.25, 0.3) is 0 Å². The fraction of sp³-hybridized carbons (Fsp3) is 0.636. The minimum Gasteiger partial charge on any atom is -0.481 e. The molecular weight excluding hydrogens is 220 g/mol. The molecular formula is C11H20N4O2. The number of aromatic nitrogens is 2. The maximum atomic E-state index is 10.6. The third-order valence-electron chi connectivity index (χ3n) is 2.56. The number of hydrogen-bond acceptors (Lipinski definition) is 4. The lowest BCUT2D eigenvalue weighted by molar-refractivity contribution is -0.118. The van der Waals surface area contributed by atoms with Crippen molar-refractivity contribution in [1.29, 1.82) is 0 Å². The highest BCUT2D eigenvalue weighted by molar-refractivity contribution is 5.73. The van der Waals surface area contributed by atoms with E-state index in [9.17, 15) is 4.79 Å². The number of methoxy groups -OCH3 is 1. The van der Waals surface area contributed by atoms with Crippen LogP contribution < -0.4 is 15.8 Å². The zero-order valence-corrected chi connectivity index (χ0v) is 10.6. The van der Waals surface area contributed by atoms with Crippen molar-refractivity contribution in [3.05, 3.63) is 11.3 Å². The first-order valence-electron chi connectivity index (χ1n) is 5.61. The first-order chi connectivity index (χ1) is 8.06. The van der Waals surface area contributed by atoms with Gasteiger partial charge in [-0.1, -0.05) is 0 Å². The van der Waals surface area contributed by atoms with Gasteiger partial charge in [-0.2, -0.15) is 5.10 Å². The molecule has 0 aliphatic carbocycles. The molecule has 0 saturated carbocycles. The Labute approximate surface area is 101 Å². The van der Waals surface area contributed by atoms with Crippen LogP contribution in [-0.4, -0.2) is 29.3 Å². The number of nitrogens with one attached hydrogen (secondary N) is 1. The van der Waals surface area contributed by atoms with Gasteiger partial charge in [0.1, 0.15) is 0 Å². The number of carbonyl (C=O) groups is 1. The minimum atomic E-state index is -0.262. The van der Waals surface area contributed by atoms with Gasteiger partial charge in [-0.15, -0.1) is 0 Å². The zero-order chi connectivity index (χ0) is 12.8. The van der Waals surface area contributed by atoms with Crippen LogP contribution >= 0.6 is 0 Å². The number of amides is 1. The third kappa shape index (κ3) is 3.74. The largest absolute Gasteiger partial charge is 0.481 e. The van der Waals surface area contributed by atoms with Crippen molar-refractivity contribution < 1.29 is 9.53 Å². The molecule has 1 heterocycles. The van der Waals surface area contributed by atoms with E-state index in [0.29, 0.717) is 13.0 Å². The normalized spacial score (nSPS) is 10.5. The average molecular weight is 240 g/mol. The first kappa shape index (κ1) is 13.5. The predicted octanol–water partition coefficient (Wildman–Crippen LogP) is 0.0922. The molecule has 96 valence electrons. The van der Waals surface area contributed by atoms with E-state index in [0.717, 1.165) is 30.1 Å². The van der Waals surface area contributed by atoms with Crippen molar-refractivity contribution in [2.45, 2.75) is 26.3 Å². The number of nitrogens with two attached hydrogens (primary N) is 1. The van der Waals surface area contributed by atoms with Gasteiger partial charge in [-0.25, -0.2) is 4.68 Å². The van der Waals surface area contributed by atoms with E-state index in [1.807, 2.05) is 14.0 Å². The van der Waals surface area contributed by atoms with Crippen molar-refractivity contribution in [3.63, 3.8) is 0 Å². The number of carbonyl (C=O) groups excluding carboxylic acids is 1. The van der Waals surface area contributed by atoms with Gasteiger partial charge < -0.3 is 15.8 Å². The van der Waals surface area contributed by atoms with Crippen molar-refractivity contribution in [2.75, 3.05) is 13.7 Å². The fourth-order valence-corrected chi connectivity index (χ4v) is 1.74. The average Bonchev–Trinajstić information content (AvgIpc) is 2.52. The Hall–Kier alpha value is -1.56. The van der Waals surface area contributed by atoms with Crippen molar-refractivity contribution in [3.8, 4) is 5.88 Å². The van der Waals surface area contributed by atoms with E-state index in [4.69, 9.17) is 10.5 Å². The zero-order valence-electron chi connectivity index (χ0n) is 10.6. The van der Waals surface area contributed by atoms with E-state index in [1.165, 1.54) is 0 Å². The van der Waals surface area contributed by atoms with Gasteiger partial charge >= 0.3 is 0 Å². The van der Waals surface area contributed by atoms with Gasteiger partial charge in [0.15, 0.2) is 0 Å². The highest BCUT2D eigenvalue weighted by Gasteiger charge is 2.12. The lowest BCUT2D eigenvalue weighted by Gasteiger charge is -2.06. The van der Waals surface area contributed by atoms with Crippen molar-refractivity contribution in [1.82, 2.24) is 15.1 Å². The molecule has 0 aliphatic rings. The molecule has 6 nitrogen and oxygen atoms in total. The molecule has 1 aromatic heterocycles. The topological polar surface area (TPSA) is 82.2 Å². The summed E-state index contributed by atoms with van der Waals surface area (Å²) < 4.78 is 7.00. The molecule has 6 heteroatoms. The predicted molar refractivity (Wildman–Crippen MR) is 64.6 cm³/mol. The van der Waals surface area contributed by atoms with Crippen molar-refractivity contribution >= 4 is 5.91 Å². The molecule has 0 bridgehead atoms. The number of hydrogen-bond donors (Lipinski definition) is 2. The molecule has 0 fully saturated rings. The third-order valence-corrected chi connectivity index (χ3v) is 2.56. The molecule has 0 saturated heterocycles. The maximum Gasteiger partial charge on any atom is 0.217 e. The summed E-state index contributed by atoms with van der Waals surface area (Å²) in [5.74, 6) is 0.506. The first-order valence-corrected chi connectivity index (χ1v) is 5.61. The Morgan fingerprint density at radius 1 is 1.59 bits per heavy atom. The Morgan fingerprint density at radius 3 is 2.88 bits per heavy atom. The van der Waals surface area contributed by atoms with E-state index >= 15 is 0 Å². The molecule has 0 unspecified atom stereocenters.